The van der Waals surface area contributed by atoms with Crippen molar-refractivity contribution in [2.24, 2.45) is 11.8 Å². The van der Waals surface area contributed by atoms with Crippen molar-refractivity contribution in [1.29, 1.82) is 0 Å². The first-order chi connectivity index (χ1) is 20.7. The van der Waals surface area contributed by atoms with Crippen LogP contribution in [-0.2, 0) is 44.9 Å². The molecule has 44 heavy (non-hydrogen) atoms. The lowest BCUT2D eigenvalue weighted by molar-refractivity contribution is -0.138. The lowest BCUT2D eigenvalue weighted by Crippen LogP contribution is -2.34. The maximum atomic E-state index is 12.5. The summed E-state index contributed by atoms with van der Waals surface area (Å²) >= 11 is 4.67. The fourth-order valence-electron chi connectivity index (χ4n) is 6.88. The predicted octanol–water partition coefficient (Wildman–Crippen LogP) is 4.39. The zero-order valence-corrected chi connectivity index (χ0v) is 27.2. The lowest BCUT2D eigenvalue weighted by atomic mass is 9.86. The van der Waals surface area contributed by atoms with Crippen LogP contribution in [0.5, 0.6) is 0 Å². The number of H-pyrrole nitrogens is 2. The molecule has 2 unspecified atom stereocenters. The van der Waals surface area contributed by atoms with Gasteiger partial charge in [-0.1, -0.05) is 20.8 Å². The van der Waals surface area contributed by atoms with E-state index < -0.39 is 11.9 Å². The fraction of sp³-hybridized carbons (Fsp3) is 0.515. The number of amides is 2. The van der Waals surface area contributed by atoms with Gasteiger partial charge < -0.3 is 30.8 Å². The summed E-state index contributed by atoms with van der Waals surface area (Å²) in [4.78, 5) is 55.2. The van der Waals surface area contributed by atoms with Gasteiger partial charge in [0.2, 0.25) is 5.91 Å². The minimum absolute atomic E-state index is 0.0117. The summed E-state index contributed by atoms with van der Waals surface area (Å²) < 4.78 is 0. The Bertz CT molecular complexity index is 1550. The number of nitrogens with one attached hydrogen (secondary N) is 4. The van der Waals surface area contributed by atoms with Gasteiger partial charge >= 0.3 is 11.9 Å². The Morgan fingerprint density at radius 1 is 0.955 bits per heavy atom. The molecule has 2 aromatic heterocycles. The molecular weight excluding hydrogens is 580 g/mol. The molecule has 1 fully saturated rings. The topological polar surface area (TPSA) is 164 Å². The molecule has 2 aliphatic rings. The van der Waals surface area contributed by atoms with E-state index in [4.69, 9.17) is 0 Å². The normalized spacial score (nSPS) is 21.7. The highest BCUT2D eigenvalue weighted by Gasteiger charge is 2.41. The van der Waals surface area contributed by atoms with Crippen molar-refractivity contribution in [3.63, 3.8) is 0 Å². The molecule has 0 bridgehead atoms. The molecule has 238 valence electrons. The monoisotopic (exact) mass is 624 g/mol. The number of carboxylic acid groups (broad SMARTS) is 2. The van der Waals surface area contributed by atoms with Crippen LogP contribution in [-0.4, -0.2) is 55.2 Å². The van der Waals surface area contributed by atoms with Crippen LogP contribution in [0.15, 0.2) is 16.8 Å². The number of aromatic amines is 2. The van der Waals surface area contributed by atoms with E-state index in [1.807, 2.05) is 47.6 Å². The van der Waals surface area contributed by atoms with Crippen LogP contribution < -0.4 is 10.6 Å². The smallest absolute Gasteiger partial charge is 0.303 e. The highest BCUT2D eigenvalue weighted by Crippen LogP contribution is 2.34. The summed E-state index contributed by atoms with van der Waals surface area (Å²) in [5.74, 6) is -1.99. The van der Waals surface area contributed by atoms with Crippen molar-refractivity contribution in [3.8, 4) is 0 Å². The molecule has 0 aromatic carbocycles. The quantitative estimate of drug-likeness (QED) is 0.163. The Hall–Kier alpha value is -3.73. The van der Waals surface area contributed by atoms with Gasteiger partial charge in [-0.05, 0) is 73.9 Å². The third-order valence-electron chi connectivity index (χ3n) is 9.39. The minimum Gasteiger partial charge on any atom is -0.481 e. The molecular formula is C33H44N4O6S. The second kappa shape index (κ2) is 13.5. The van der Waals surface area contributed by atoms with Crippen LogP contribution in [0.2, 0.25) is 0 Å². The number of carbonyl (C=O) groups excluding carboxylic acids is 2. The molecule has 0 aliphatic carbocycles. The SMILES string of the molecule is CCC1=C(C)/C(=C/c2[nH]c(Cc3[nH]c(CC4NC(=O)[C@H](C)[C@H]4C(C)S)c(C)c3CCC(=O)O)c(CCC(=O)O)c2C)NC1=O. The van der Waals surface area contributed by atoms with E-state index >= 15 is 0 Å². The zero-order valence-electron chi connectivity index (χ0n) is 26.3. The van der Waals surface area contributed by atoms with Gasteiger partial charge in [0.25, 0.3) is 5.91 Å². The van der Waals surface area contributed by atoms with Crippen LogP contribution in [0.3, 0.4) is 0 Å². The van der Waals surface area contributed by atoms with Crippen LogP contribution >= 0.6 is 12.6 Å². The van der Waals surface area contributed by atoms with E-state index in [0.717, 1.165) is 56.2 Å². The molecule has 11 heteroatoms. The number of aromatic nitrogens is 2. The standard InChI is InChI=1S/C33H44N4O6S/c1-7-20-15(2)25(36-33(20)43)12-23-16(3)21(8-10-29(38)39)26(34-23)14-27-22(9-11-30(40)41)17(4)24(35-27)13-28-31(19(6)44)18(5)32(42)37-28/h12,18-19,28,31,34-35,44H,7-11,13-14H2,1-6H3,(H,36,43)(H,37,42)(H,38,39)(H,40,41)/b25-12-/t18-,19?,28?,31+/m1/s1. The van der Waals surface area contributed by atoms with E-state index in [0.29, 0.717) is 37.8 Å². The molecule has 2 amide bonds. The number of hydrogen-bond acceptors (Lipinski definition) is 5. The van der Waals surface area contributed by atoms with Gasteiger partial charge in [0, 0.05) is 82.9 Å². The number of carbonyl (C=O) groups is 4. The third-order valence-corrected chi connectivity index (χ3v) is 9.74. The Labute approximate surface area is 263 Å². The highest BCUT2D eigenvalue weighted by atomic mass is 32.1. The van der Waals surface area contributed by atoms with Crippen molar-refractivity contribution >= 4 is 42.5 Å². The summed E-state index contributed by atoms with van der Waals surface area (Å²) in [5.41, 5.74) is 9.47. The van der Waals surface area contributed by atoms with Crippen LogP contribution in [0.25, 0.3) is 6.08 Å². The number of carboxylic acids is 2. The van der Waals surface area contributed by atoms with Gasteiger partial charge in [-0.15, -0.1) is 0 Å². The summed E-state index contributed by atoms with van der Waals surface area (Å²) in [6, 6.07) is -0.106. The van der Waals surface area contributed by atoms with Gasteiger partial charge in [0.05, 0.1) is 0 Å². The molecule has 4 rings (SSSR count). The molecule has 10 nitrogen and oxygen atoms in total. The minimum atomic E-state index is -0.896. The van der Waals surface area contributed by atoms with Gasteiger partial charge in [-0.25, -0.2) is 0 Å². The molecule has 1 saturated heterocycles. The average Bonchev–Trinajstić information content (AvgIpc) is 3.59. The molecule has 0 radical (unpaired) electrons. The third kappa shape index (κ3) is 6.82. The number of thiol groups is 1. The first kappa shape index (κ1) is 33.2. The molecule has 4 atom stereocenters. The first-order valence-electron chi connectivity index (χ1n) is 15.3. The summed E-state index contributed by atoms with van der Waals surface area (Å²) in [6.07, 6.45) is 4.09. The van der Waals surface area contributed by atoms with Gasteiger partial charge in [0.1, 0.15) is 0 Å². The Morgan fingerprint density at radius 3 is 2.09 bits per heavy atom. The van der Waals surface area contributed by atoms with Crippen molar-refractivity contribution < 1.29 is 29.4 Å². The largest absolute Gasteiger partial charge is 0.481 e. The van der Waals surface area contributed by atoms with Crippen LogP contribution in [0.4, 0.5) is 0 Å². The van der Waals surface area contributed by atoms with Crippen molar-refractivity contribution in [3.05, 3.63) is 61.9 Å². The van der Waals surface area contributed by atoms with Crippen molar-refractivity contribution in [1.82, 2.24) is 20.6 Å². The number of rotatable bonds is 13. The first-order valence-corrected chi connectivity index (χ1v) is 15.8. The number of hydrogen-bond donors (Lipinski definition) is 7. The highest BCUT2D eigenvalue weighted by molar-refractivity contribution is 7.80. The van der Waals surface area contributed by atoms with Crippen molar-refractivity contribution in [2.45, 2.75) is 97.8 Å². The van der Waals surface area contributed by atoms with Crippen molar-refractivity contribution in [2.75, 3.05) is 0 Å². The molecule has 2 aromatic rings. The van der Waals surface area contributed by atoms with E-state index in [2.05, 4.69) is 33.2 Å². The summed E-state index contributed by atoms with van der Waals surface area (Å²) in [5, 5.41) is 25.0. The second-order valence-electron chi connectivity index (χ2n) is 12.2. The van der Waals surface area contributed by atoms with E-state index in [9.17, 15) is 29.4 Å². The Morgan fingerprint density at radius 2 is 1.55 bits per heavy atom. The summed E-state index contributed by atoms with van der Waals surface area (Å²) in [7, 11) is 0. The molecule has 2 aliphatic heterocycles. The molecule has 4 heterocycles. The van der Waals surface area contributed by atoms with Gasteiger partial charge in [-0.3, -0.25) is 19.2 Å². The maximum absolute atomic E-state index is 12.5. The Kier molecular flexibility index (Phi) is 10.2. The predicted molar refractivity (Wildman–Crippen MR) is 172 cm³/mol. The fourth-order valence-corrected chi connectivity index (χ4v) is 7.35. The Balaban J connectivity index is 1.74. The van der Waals surface area contributed by atoms with Gasteiger partial charge in [-0.2, -0.15) is 12.6 Å². The van der Waals surface area contributed by atoms with E-state index in [-0.39, 0.29) is 47.8 Å². The average molecular weight is 625 g/mol. The zero-order chi connectivity index (χ0) is 32.5. The number of allylic oxidation sites excluding steroid dienone is 1. The molecule has 0 saturated carbocycles. The summed E-state index contributed by atoms with van der Waals surface area (Å²) in [6.45, 7) is 11.7. The van der Waals surface area contributed by atoms with E-state index in [1.54, 1.807) is 0 Å². The van der Waals surface area contributed by atoms with Crippen LogP contribution in [0, 0.1) is 25.7 Å². The second-order valence-corrected chi connectivity index (χ2v) is 13.0. The van der Waals surface area contributed by atoms with E-state index in [1.165, 1.54) is 0 Å². The van der Waals surface area contributed by atoms with Crippen LogP contribution in [0.1, 0.15) is 92.0 Å². The maximum Gasteiger partial charge on any atom is 0.303 e. The molecule has 6 N–H and O–H groups in total. The van der Waals surface area contributed by atoms with Gasteiger partial charge in [0.15, 0.2) is 0 Å². The molecule has 0 spiro atoms. The number of aliphatic carboxylic acids is 2. The lowest BCUT2D eigenvalue weighted by Gasteiger charge is -2.24.